The molecule has 1 heterocycles. The number of aryl methyl sites for hydroxylation is 1. The van der Waals surface area contributed by atoms with Gasteiger partial charge in [0.2, 0.25) is 15.9 Å². The highest BCUT2D eigenvalue weighted by molar-refractivity contribution is 7.92. The average Bonchev–Trinajstić information content (AvgIpc) is 3.25. The smallest absolute Gasteiger partial charge is 0.321 e. The zero-order chi connectivity index (χ0) is 23.1. The van der Waals surface area contributed by atoms with Crippen LogP contribution in [0.25, 0.3) is 17.5 Å². The van der Waals surface area contributed by atoms with Crippen molar-refractivity contribution in [1.82, 2.24) is 14.9 Å². The molecule has 32 heavy (non-hydrogen) atoms. The Morgan fingerprint density at radius 3 is 2.50 bits per heavy atom. The molecule has 0 bridgehead atoms. The number of nitro benzene ring substituents is 1. The summed E-state index contributed by atoms with van der Waals surface area (Å²) in [7, 11) is -3.84. The first-order valence-corrected chi connectivity index (χ1v) is 10.7. The topological polar surface area (TPSA) is 155 Å². The standard InChI is InChI=1S/C20H18N4O7S/c1-14-2-4-15(5-3-14)10-11-32(28,29)21-12-19(25)30-13-18-22-23-20(31-18)16-6-8-17(9-7-16)24(26)27/h2-11,21H,12-13H2,1H3/b11-10+. The molecular formula is C20H18N4O7S. The van der Waals surface area contributed by atoms with Gasteiger partial charge in [0.1, 0.15) is 6.54 Å². The zero-order valence-corrected chi connectivity index (χ0v) is 17.6. The largest absolute Gasteiger partial charge is 0.455 e. The molecule has 0 saturated heterocycles. The third-order valence-corrected chi connectivity index (χ3v) is 5.12. The van der Waals surface area contributed by atoms with E-state index in [4.69, 9.17) is 9.15 Å². The van der Waals surface area contributed by atoms with Crippen LogP contribution in [0.2, 0.25) is 0 Å². The predicted octanol–water partition coefficient (Wildman–Crippen LogP) is 2.59. The van der Waals surface area contributed by atoms with Crippen LogP contribution in [0, 0.1) is 17.0 Å². The van der Waals surface area contributed by atoms with Gasteiger partial charge in [-0.15, -0.1) is 10.2 Å². The van der Waals surface area contributed by atoms with Gasteiger partial charge in [-0.3, -0.25) is 14.9 Å². The van der Waals surface area contributed by atoms with Gasteiger partial charge in [-0.25, -0.2) is 13.1 Å². The summed E-state index contributed by atoms with van der Waals surface area (Å²) in [5.41, 5.74) is 2.11. The van der Waals surface area contributed by atoms with Crippen LogP contribution >= 0.6 is 0 Å². The minimum atomic E-state index is -3.84. The molecule has 1 N–H and O–H groups in total. The Labute approximate surface area is 182 Å². The van der Waals surface area contributed by atoms with E-state index in [9.17, 15) is 23.3 Å². The maximum atomic E-state index is 12.0. The highest BCUT2D eigenvalue weighted by Gasteiger charge is 2.14. The highest BCUT2D eigenvalue weighted by atomic mass is 32.2. The summed E-state index contributed by atoms with van der Waals surface area (Å²) in [4.78, 5) is 22.0. The molecule has 2 aromatic carbocycles. The van der Waals surface area contributed by atoms with Crippen LogP contribution in [0.1, 0.15) is 17.0 Å². The summed E-state index contributed by atoms with van der Waals surface area (Å²) < 4.78 is 36.4. The molecule has 3 rings (SSSR count). The minimum Gasteiger partial charge on any atom is -0.455 e. The third-order valence-electron chi connectivity index (χ3n) is 4.08. The summed E-state index contributed by atoms with van der Waals surface area (Å²) in [5.74, 6) is -0.769. The molecule has 12 heteroatoms. The van der Waals surface area contributed by atoms with Gasteiger partial charge in [0.05, 0.1) is 4.92 Å². The Hall–Kier alpha value is -3.90. The molecule has 166 valence electrons. The van der Waals surface area contributed by atoms with E-state index in [1.807, 2.05) is 19.1 Å². The van der Waals surface area contributed by atoms with Crippen LogP contribution in [0.5, 0.6) is 0 Å². The Bertz CT molecular complexity index is 1230. The summed E-state index contributed by atoms with van der Waals surface area (Å²) in [6.07, 6.45) is 1.41. The summed E-state index contributed by atoms with van der Waals surface area (Å²) in [5, 5.41) is 19.2. The lowest BCUT2D eigenvalue weighted by atomic mass is 10.2. The van der Waals surface area contributed by atoms with Crippen molar-refractivity contribution in [2.75, 3.05) is 6.54 Å². The Morgan fingerprint density at radius 1 is 1.16 bits per heavy atom. The molecule has 0 aliphatic carbocycles. The molecule has 0 radical (unpaired) electrons. The molecule has 0 spiro atoms. The quantitative estimate of drug-likeness (QED) is 0.289. The van der Waals surface area contributed by atoms with Crippen molar-refractivity contribution in [2.45, 2.75) is 13.5 Å². The van der Waals surface area contributed by atoms with Crippen molar-refractivity contribution in [1.29, 1.82) is 0 Å². The number of nitrogens with one attached hydrogen (secondary N) is 1. The first-order valence-electron chi connectivity index (χ1n) is 9.19. The van der Waals surface area contributed by atoms with E-state index in [1.165, 1.54) is 30.3 Å². The fourth-order valence-electron chi connectivity index (χ4n) is 2.40. The lowest BCUT2D eigenvalue weighted by molar-refractivity contribution is -0.384. The van der Waals surface area contributed by atoms with E-state index in [0.717, 1.165) is 11.0 Å². The number of aromatic nitrogens is 2. The van der Waals surface area contributed by atoms with E-state index in [2.05, 4.69) is 14.9 Å². The summed E-state index contributed by atoms with van der Waals surface area (Å²) in [6, 6.07) is 12.7. The number of carbonyl (C=O) groups is 1. The van der Waals surface area contributed by atoms with Crippen LogP contribution in [0.15, 0.2) is 58.4 Å². The van der Waals surface area contributed by atoms with Crippen LogP contribution in [-0.2, 0) is 26.2 Å². The molecule has 0 unspecified atom stereocenters. The SMILES string of the molecule is Cc1ccc(/C=C/S(=O)(=O)NCC(=O)OCc2nnc(-c3ccc([N+](=O)[O-])cc3)o2)cc1. The fraction of sp³-hybridized carbons (Fsp3) is 0.150. The number of benzene rings is 2. The van der Waals surface area contributed by atoms with Crippen molar-refractivity contribution in [2.24, 2.45) is 0 Å². The van der Waals surface area contributed by atoms with Gasteiger partial charge in [-0.05, 0) is 30.7 Å². The molecule has 0 atom stereocenters. The predicted molar refractivity (Wildman–Crippen MR) is 113 cm³/mol. The molecule has 0 saturated carbocycles. The average molecular weight is 458 g/mol. The van der Waals surface area contributed by atoms with E-state index < -0.39 is 27.5 Å². The summed E-state index contributed by atoms with van der Waals surface area (Å²) >= 11 is 0. The summed E-state index contributed by atoms with van der Waals surface area (Å²) in [6.45, 7) is 0.978. The number of ether oxygens (including phenoxy) is 1. The second-order valence-corrected chi connectivity index (χ2v) is 8.20. The molecule has 1 aromatic heterocycles. The number of carbonyl (C=O) groups excluding carboxylic acids is 1. The number of nitro groups is 1. The number of non-ortho nitro benzene ring substituents is 1. The normalized spacial score (nSPS) is 11.5. The highest BCUT2D eigenvalue weighted by Crippen LogP contribution is 2.21. The van der Waals surface area contributed by atoms with Gasteiger partial charge in [0, 0.05) is 23.1 Å². The Balaban J connectivity index is 1.48. The second-order valence-electron chi connectivity index (χ2n) is 6.55. The van der Waals surface area contributed by atoms with Gasteiger partial charge in [0.15, 0.2) is 6.61 Å². The molecule has 0 aliphatic rings. The van der Waals surface area contributed by atoms with Crippen molar-refractivity contribution in [3.05, 3.63) is 81.1 Å². The number of nitrogens with zero attached hydrogens (tertiary/aromatic N) is 3. The zero-order valence-electron chi connectivity index (χ0n) is 16.8. The van der Waals surface area contributed by atoms with Crippen molar-refractivity contribution in [3.63, 3.8) is 0 Å². The first-order chi connectivity index (χ1) is 15.2. The Kier molecular flexibility index (Phi) is 7.07. The number of hydrogen-bond donors (Lipinski definition) is 1. The molecule has 0 fully saturated rings. The van der Waals surface area contributed by atoms with E-state index in [1.54, 1.807) is 12.1 Å². The van der Waals surface area contributed by atoms with Crippen LogP contribution in [0.4, 0.5) is 5.69 Å². The van der Waals surface area contributed by atoms with E-state index in [0.29, 0.717) is 11.1 Å². The molecule has 11 nitrogen and oxygen atoms in total. The first kappa shape index (κ1) is 22.8. The molecule has 0 aliphatic heterocycles. The Morgan fingerprint density at radius 2 is 1.84 bits per heavy atom. The molecular weight excluding hydrogens is 440 g/mol. The second kappa shape index (κ2) is 9.94. The minimum absolute atomic E-state index is 0.0196. The van der Waals surface area contributed by atoms with Gasteiger partial charge in [-0.2, -0.15) is 0 Å². The lowest BCUT2D eigenvalue weighted by Crippen LogP contribution is -2.29. The van der Waals surface area contributed by atoms with Gasteiger partial charge in [-0.1, -0.05) is 29.8 Å². The number of esters is 1. The molecule has 0 amide bonds. The maximum absolute atomic E-state index is 12.0. The van der Waals surface area contributed by atoms with Gasteiger partial charge < -0.3 is 9.15 Å². The van der Waals surface area contributed by atoms with Crippen LogP contribution in [-0.4, -0.2) is 36.1 Å². The molecule has 3 aromatic rings. The number of hydrogen-bond acceptors (Lipinski definition) is 9. The number of sulfonamides is 1. The van der Waals surface area contributed by atoms with E-state index >= 15 is 0 Å². The van der Waals surface area contributed by atoms with Crippen molar-refractivity contribution >= 4 is 27.8 Å². The van der Waals surface area contributed by atoms with Crippen LogP contribution in [0.3, 0.4) is 0 Å². The van der Waals surface area contributed by atoms with Crippen LogP contribution < -0.4 is 4.72 Å². The maximum Gasteiger partial charge on any atom is 0.321 e. The van der Waals surface area contributed by atoms with Crippen molar-refractivity contribution in [3.8, 4) is 11.5 Å². The van der Waals surface area contributed by atoms with Crippen molar-refractivity contribution < 1.29 is 27.3 Å². The fourth-order valence-corrected chi connectivity index (χ4v) is 3.15. The lowest BCUT2D eigenvalue weighted by Gasteiger charge is -2.03. The number of rotatable bonds is 9. The van der Waals surface area contributed by atoms with Gasteiger partial charge in [0.25, 0.3) is 11.6 Å². The van der Waals surface area contributed by atoms with E-state index in [-0.39, 0.29) is 24.1 Å². The monoisotopic (exact) mass is 458 g/mol. The third kappa shape index (κ3) is 6.55. The van der Waals surface area contributed by atoms with Gasteiger partial charge >= 0.3 is 5.97 Å².